The Kier molecular flexibility index (Phi) is 18.0. The van der Waals surface area contributed by atoms with Crippen molar-refractivity contribution in [2.75, 3.05) is 14.2 Å². The van der Waals surface area contributed by atoms with E-state index in [0.717, 1.165) is 29.0 Å². The molecule has 0 aromatic heterocycles. The molecule has 0 bridgehead atoms. The number of rotatable bonds is 5. The van der Waals surface area contributed by atoms with Crippen molar-refractivity contribution < 1.29 is 97.6 Å². The van der Waals surface area contributed by atoms with Crippen molar-refractivity contribution in [3.63, 3.8) is 0 Å². The Morgan fingerprint density at radius 1 is 0.923 bits per heavy atom. The molecule has 2 aromatic rings. The van der Waals surface area contributed by atoms with Gasteiger partial charge in [0.2, 0.25) is 0 Å². The zero-order valence-corrected chi connectivity index (χ0v) is 25.4. The number of methoxy groups -OCH3 is 2. The third-order valence-electron chi connectivity index (χ3n) is 3.62. The molecule has 2 rings (SSSR count). The quantitative estimate of drug-likeness (QED) is 0.358. The van der Waals surface area contributed by atoms with Crippen molar-refractivity contribution in [2.24, 2.45) is 0 Å². The molecule has 0 fully saturated rings. The molecule has 0 amide bonds. The Balaban J connectivity index is 0. The van der Waals surface area contributed by atoms with E-state index in [1.807, 2.05) is 62.4 Å². The van der Waals surface area contributed by atoms with Crippen molar-refractivity contribution in [1.29, 1.82) is 0 Å². The smallest absolute Gasteiger partial charge is 0.118 e. The van der Waals surface area contributed by atoms with E-state index >= 15 is 0 Å². The summed E-state index contributed by atoms with van der Waals surface area (Å²) in [6.45, 7) is 3.87. The van der Waals surface area contributed by atoms with Gasteiger partial charge in [0.15, 0.2) is 0 Å². The largest absolute Gasteiger partial charge is 0.699 e. The van der Waals surface area contributed by atoms with Crippen LogP contribution in [-0.4, -0.2) is 14.2 Å². The second-order valence-electron chi connectivity index (χ2n) is 5.16. The van der Waals surface area contributed by atoms with E-state index in [9.17, 15) is 0 Å². The van der Waals surface area contributed by atoms with E-state index in [-0.39, 0.29) is 94.2 Å². The van der Waals surface area contributed by atoms with Crippen LogP contribution in [0.3, 0.4) is 0 Å². The second-order valence-corrected chi connectivity index (χ2v) is 5.16. The second kappa shape index (κ2) is 16.4. The molecule has 2 radical (unpaired) electrons. The molecule has 2 aromatic carbocycles. The fourth-order valence-corrected chi connectivity index (χ4v) is 2.01. The first kappa shape index (κ1) is 28.6. The molecule has 0 saturated heterocycles. The van der Waals surface area contributed by atoms with Crippen molar-refractivity contribution >= 4 is 5.70 Å². The molecular formula is C20H26Ac2N2O2-2. The van der Waals surface area contributed by atoms with E-state index in [2.05, 4.69) is 0 Å². The van der Waals surface area contributed by atoms with Crippen LogP contribution < -0.4 is 9.47 Å². The van der Waals surface area contributed by atoms with Crippen molar-refractivity contribution in [3.05, 3.63) is 77.2 Å². The molecule has 0 spiro atoms. The summed E-state index contributed by atoms with van der Waals surface area (Å²) in [5.41, 5.74) is 17.7. The van der Waals surface area contributed by atoms with Crippen LogP contribution >= 0.6 is 0 Å². The Hall–Kier alpha value is 0.423. The van der Waals surface area contributed by atoms with Gasteiger partial charge in [0.05, 0.1) is 14.2 Å². The van der Waals surface area contributed by atoms with Crippen LogP contribution in [0.15, 0.2) is 54.6 Å². The van der Waals surface area contributed by atoms with Crippen LogP contribution in [-0.2, 0) is 0 Å². The van der Waals surface area contributed by atoms with Gasteiger partial charge < -0.3 is 20.9 Å². The number of allylic oxidation sites excluding steroid dienone is 1. The SMILES string of the molecule is CC=C([NH-])c1ccc(OC)cc1.CCC([NH-])c1ccc(OC)cc1.[Ac].[Ac]. The average molecular weight is 780 g/mol. The minimum absolute atomic E-state index is 0. The van der Waals surface area contributed by atoms with E-state index in [0.29, 0.717) is 5.70 Å². The van der Waals surface area contributed by atoms with E-state index < -0.39 is 0 Å². The Labute approximate surface area is 229 Å². The minimum Gasteiger partial charge on any atom is -0.699 e. The molecule has 26 heavy (non-hydrogen) atoms. The van der Waals surface area contributed by atoms with Crippen LogP contribution in [0.5, 0.6) is 11.5 Å². The van der Waals surface area contributed by atoms with Gasteiger partial charge in [0, 0.05) is 88.1 Å². The first-order valence-electron chi connectivity index (χ1n) is 7.93. The Morgan fingerprint density at radius 3 is 1.69 bits per heavy atom. The number of hydrogen-bond acceptors (Lipinski definition) is 2. The molecule has 0 aliphatic rings. The summed E-state index contributed by atoms with van der Waals surface area (Å²) in [4.78, 5) is 0. The van der Waals surface area contributed by atoms with Gasteiger partial charge in [-0.2, -0.15) is 0 Å². The fourth-order valence-electron chi connectivity index (χ4n) is 2.01. The van der Waals surface area contributed by atoms with Crippen LogP contribution in [0, 0.1) is 88.1 Å². The topological polar surface area (TPSA) is 66.1 Å². The zero-order chi connectivity index (χ0) is 17.9. The van der Waals surface area contributed by atoms with Crippen molar-refractivity contribution in [1.82, 2.24) is 0 Å². The van der Waals surface area contributed by atoms with Gasteiger partial charge in [-0.1, -0.05) is 43.2 Å². The maximum atomic E-state index is 7.65. The maximum absolute atomic E-state index is 7.65. The third-order valence-corrected chi connectivity index (χ3v) is 3.62. The van der Waals surface area contributed by atoms with Gasteiger partial charge in [0.1, 0.15) is 11.5 Å². The molecular weight excluding hydrogens is 754 g/mol. The predicted molar refractivity (Wildman–Crippen MR) is 101 cm³/mol. The average Bonchev–Trinajstić information content (AvgIpc) is 2.67. The standard InChI is InChI=1S/C10H14NO.C10H12NO.2Ac/c2*1-3-10(11)8-4-6-9(12-2)7-5-8;;/h4-7,10-11H,3H2,1-2H3;3-7,11H,1-2H3;;/q2*-1;;. The number of hydrogen-bond donors (Lipinski definition) is 0. The third kappa shape index (κ3) is 10.1. The summed E-state index contributed by atoms with van der Waals surface area (Å²) in [6.07, 6.45) is 2.62. The van der Waals surface area contributed by atoms with E-state index in [4.69, 9.17) is 20.9 Å². The van der Waals surface area contributed by atoms with E-state index in [1.165, 1.54) is 0 Å². The molecule has 6 heteroatoms. The molecule has 4 nitrogen and oxygen atoms in total. The summed E-state index contributed by atoms with van der Waals surface area (Å²) in [6, 6.07) is 15.0. The Bertz CT molecular complexity index is 629. The molecule has 136 valence electrons. The van der Waals surface area contributed by atoms with Gasteiger partial charge in [-0.15, -0.1) is 17.8 Å². The molecule has 1 atom stereocenters. The number of nitrogens with one attached hydrogen (secondary N) is 2. The van der Waals surface area contributed by atoms with Gasteiger partial charge in [-0.05, 0) is 36.8 Å². The summed E-state index contributed by atoms with van der Waals surface area (Å²) in [5, 5.41) is 0. The zero-order valence-electron chi connectivity index (χ0n) is 16.0. The maximum Gasteiger partial charge on any atom is 0.118 e. The summed E-state index contributed by atoms with van der Waals surface area (Å²) < 4.78 is 10.0. The Morgan fingerprint density at radius 2 is 1.35 bits per heavy atom. The minimum atomic E-state index is -0.101. The van der Waals surface area contributed by atoms with Gasteiger partial charge in [-0.25, -0.2) is 0 Å². The normalized spacial score (nSPS) is 11.0. The molecule has 0 aliphatic heterocycles. The van der Waals surface area contributed by atoms with Crippen LogP contribution in [0.25, 0.3) is 17.2 Å². The molecule has 0 heterocycles. The molecule has 1 unspecified atom stereocenters. The monoisotopic (exact) mass is 780 g/mol. The summed E-state index contributed by atoms with van der Waals surface area (Å²) in [7, 11) is 3.28. The van der Waals surface area contributed by atoms with Gasteiger partial charge >= 0.3 is 0 Å². The summed E-state index contributed by atoms with van der Waals surface area (Å²) >= 11 is 0. The van der Waals surface area contributed by atoms with Gasteiger partial charge in [0.25, 0.3) is 0 Å². The van der Waals surface area contributed by atoms with Gasteiger partial charge in [-0.3, -0.25) is 0 Å². The molecule has 0 aliphatic carbocycles. The van der Waals surface area contributed by atoms with Crippen LogP contribution in [0.4, 0.5) is 0 Å². The first-order chi connectivity index (χ1) is 11.5. The molecule has 0 saturated carbocycles. The van der Waals surface area contributed by atoms with Crippen molar-refractivity contribution in [2.45, 2.75) is 26.3 Å². The van der Waals surface area contributed by atoms with E-state index in [1.54, 1.807) is 20.3 Å². The fraction of sp³-hybridized carbons (Fsp3) is 0.300. The number of ether oxygens (including phenoxy) is 2. The number of benzene rings is 2. The van der Waals surface area contributed by atoms with Crippen LogP contribution in [0.1, 0.15) is 37.4 Å². The predicted octanol–water partition coefficient (Wildman–Crippen LogP) is 6.31. The summed E-state index contributed by atoms with van der Waals surface area (Å²) in [5.74, 6) is 1.67. The van der Waals surface area contributed by atoms with Crippen molar-refractivity contribution in [3.8, 4) is 11.5 Å². The van der Waals surface area contributed by atoms with Crippen LogP contribution in [0.2, 0.25) is 0 Å². The molecule has 2 N–H and O–H groups in total. The first-order valence-corrected chi connectivity index (χ1v) is 7.93.